The predicted octanol–water partition coefficient (Wildman–Crippen LogP) is 3.79. The smallest absolute Gasteiger partial charge is 0.329 e. The number of aromatic nitrogens is 4. The second-order valence-electron chi connectivity index (χ2n) is 18.9. The molecule has 24 heteroatoms. The maximum absolute atomic E-state index is 15.8. The highest BCUT2D eigenvalue weighted by Crippen LogP contribution is 2.42. The molecule has 4 amide bonds. The van der Waals surface area contributed by atoms with Crippen molar-refractivity contribution in [2.75, 3.05) is 74.1 Å². The summed E-state index contributed by atoms with van der Waals surface area (Å²) in [7, 11) is -0.943. The average molecular weight is 1000 g/mol. The SMILES string of the molecule is CO[C@@H]1CCN(S(=O)(=O)Nc2ccc(F)c(Oc3ccc4ncn([C@H]5COC6(CCN(C(=O)CC7(O)CCN(c8cc9c(cc8F)c(N8CCC(=O)NC8=O)nn9C)CC7)CC6)C5)c(=O)c4c3)c2C#N)C1. The Morgan fingerprint density at radius 3 is 2.51 bits per heavy atom. The van der Waals surface area contributed by atoms with Crippen molar-refractivity contribution in [1.29, 1.82) is 5.26 Å². The van der Waals surface area contributed by atoms with E-state index in [0.717, 1.165) is 12.1 Å². The molecule has 0 saturated carbocycles. The molecule has 0 aliphatic carbocycles. The number of piperidine rings is 2. The Bertz CT molecular complexity index is 3200. The van der Waals surface area contributed by atoms with Gasteiger partial charge in [0.1, 0.15) is 23.2 Å². The van der Waals surface area contributed by atoms with E-state index in [9.17, 15) is 38.0 Å². The monoisotopic (exact) mass is 999 g/mol. The summed E-state index contributed by atoms with van der Waals surface area (Å²) in [6, 6.07) is 10.3. The lowest BCUT2D eigenvalue weighted by Crippen LogP contribution is -2.51. The van der Waals surface area contributed by atoms with Crippen molar-refractivity contribution in [3.63, 3.8) is 0 Å². The highest BCUT2D eigenvalue weighted by molar-refractivity contribution is 7.90. The topological polar surface area (TPSA) is 247 Å². The van der Waals surface area contributed by atoms with Crippen LogP contribution in [-0.2, 0) is 36.3 Å². The van der Waals surface area contributed by atoms with E-state index in [1.54, 1.807) is 22.7 Å². The number of benzene rings is 3. The lowest BCUT2D eigenvalue weighted by atomic mass is 9.85. The van der Waals surface area contributed by atoms with E-state index in [1.165, 1.54) is 51.5 Å². The van der Waals surface area contributed by atoms with Gasteiger partial charge < -0.3 is 29.1 Å². The number of imide groups is 1. The zero-order valence-electron chi connectivity index (χ0n) is 38.9. The molecular weight excluding hydrogens is 949 g/mol. The summed E-state index contributed by atoms with van der Waals surface area (Å²) in [5.41, 5.74) is -1.66. The highest BCUT2D eigenvalue weighted by Gasteiger charge is 2.46. The first-order valence-electron chi connectivity index (χ1n) is 23.3. The normalized spacial score (nSPS) is 21.5. The molecule has 5 fully saturated rings. The predicted molar refractivity (Wildman–Crippen MR) is 252 cm³/mol. The number of urea groups is 1. The lowest BCUT2D eigenvalue weighted by Gasteiger charge is -2.42. The first-order chi connectivity index (χ1) is 34.0. The van der Waals surface area contributed by atoms with E-state index in [4.69, 9.17) is 14.2 Å². The van der Waals surface area contributed by atoms with Gasteiger partial charge in [0.15, 0.2) is 17.4 Å². The van der Waals surface area contributed by atoms with Crippen LogP contribution in [0.15, 0.2) is 53.6 Å². The zero-order valence-corrected chi connectivity index (χ0v) is 39.7. The molecule has 0 bridgehead atoms. The van der Waals surface area contributed by atoms with Crippen LogP contribution in [0.3, 0.4) is 0 Å². The minimum absolute atomic E-state index is 0.0112. The van der Waals surface area contributed by atoms with E-state index in [-0.39, 0.29) is 92.5 Å². The Kier molecular flexibility index (Phi) is 12.4. The van der Waals surface area contributed by atoms with Gasteiger partial charge in [-0.3, -0.25) is 38.6 Å². The molecule has 0 radical (unpaired) electrons. The zero-order chi connectivity index (χ0) is 50.0. The van der Waals surface area contributed by atoms with Gasteiger partial charge in [-0.25, -0.2) is 18.6 Å². The molecule has 1 spiro atoms. The highest BCUT2D eigenvalue weighted by atomic mass is 32.2. The van der Waals surface area contributed by atoms with Crippen molar-refractivity contribution in [3.8, 4) is 17.6 Å². The largest absolute Gasteiger partial charge is 0.453 e. The summed E-state index contributed by atoms with van der Waals surface area (Å²) < 4.78 is 81.5. The molecule has 5 aliphatic heterocycles. The van der Waals surface area contributed by atoms with Gasteiger partial charge in [-0.2, -0.15) is 23.1 Å². The molecule has 5 aromatic rings. The minimum Gasteiger partial charge on any atom is -0.453 e. The molecule has 0 unspecified atom stereocenters. The van der Waals surface area contributed by atoms with Gasteiger partial charge in [-0.15, -0.1) is 0 Å². The Balaban J connectivity index is 0.754. The minimum atomic E-state index is -4.12. The first kappa shape index (κ1) is 47.9. The van der Waals surface area contributed by atoms with Crippen molar-refractivity contribution in [2.24, 2.45) is 7.05 Å². The summed E-state index contributed by atoms with van der Waals surface area (Å²) >= 11 is 0. The number of nitriles is 1. The van der Waals surface area contributed by atoms with E-state index in [1.807, 2.05) is 11.0 Å². The molecule has 374 valence electrons. The van der Waals surface area contributed by atoms with Crippen LogP contribution < -0.4 is 30.1 Å². The van der Waals surface area contributed by atoms with Gasteiger partial charge in [0, 0.05) is 71.8 Å². The van der Waals surface area contributed by atoms with Crippen LogP contribution in [0.2, 0.25) is 0 Å². The number of methoxy groups -OCH3 is 1. The quantitative estimate of drug-likeness (QED) is 0.171. The Morgan fingerprint density at radius 1 is 1.01 bits per heavy atom. The van der Waals surface area contributed by atoms with Crippen LogP contribution in [-0.4, -0.2) is 137 Å². The van der Waals surface area contributed by atoms with Gasteiger partial charge in [-0.05, 0) is 81.0 Å². The number of nitrogens with zero attached hydrogens (tertiary/aromatic N) is 9. The molecule has 2 aromatic heterocycles. The number of rotatable bonds is 11. The number of fused-ring (bicyclic) bond motifs is 2. The number of carbonyl (C=O) groups excluding carboxylic acids is 3. The summed E-state index contributed by atoms with van der Waals surface area (Å²) in [4.78, 5) is 61.3. The van der Waals surface area contributed by atoms with Crippen LogP contribution >= 0.6 is 0 Å². The van der Waals surface area contributed by atoms with E-state index in [0.29, 0.717) is 74.0 Å². The van der Waals surface area contributed by atoms with Crippen LogP contribution in [0.25, 0.3) is 21.8 Å². The molecule has 21 nitrogen and oxygen atoms in total. The number of aryl methyl sites for hydroxylation is 1. The number of halogens is 2. The van der Waals surface area contributed by atoms with Crippen molar-refractivity contribution < 1.29 is 50.9 Å². The Morgan fingerprint density at radius 2 is 1.79 bits per heavy atom. The average Bonchev–Trinajstić information content (AvgIpc) is 4.08. The molecule has 2 atom stereocenters. The van der Waals surface area contributed by atoms with Crippen molar-refractivity contribution in [1.82, 2.24) is 33.9 Å². The van der Waals surface area contributed by atoms with Crippen LogP contribution in [0.5, 0.6) is 11.5 Å². The number of nitrogens with one attached hydrogen (secondary N) is 2. The number of carbonyl (C=O) groups is 3. The summed E-state index contributed by atoms with van der Waals surface area (Å²) in [5.74, 6) is -2.31. The number of anilines is 3. The maximum Gasteiger partial charge on any atom is 0.329 e. The molecule has 3 aromatic carbocycles. The summed E-state index contributed by atoms with van der Waals surface area (Å²) in [5, 5.41) is 29.0. The van der Waals surface area contributed by atoms with Gasteiger partial charge in [-0.1, -0.05) is 0 Å². The summed E-state index contributed by atoms with van der Waals surface area (Å²) in [6.45, 7) is 1.98. The fraction of sp³-hybridized carbons (Fsp3) is 0.468. The summed E-state index contributed by atoms with van der Waals surface area (Å²) in [6.07, 6.45) is 3.58. The standard InChI is InChI=1S/C47H51F2N11O10S/c1-55-38-21-39(35(49)20-32(38)43(53-55)59-14-8-40(61)52-45(59)64)56-15-9-46(65,10-16-56)23-41(62)57-17-11-47(12-18-57)22-28(26-69-47)60-27-51-36-5-3-29(19-31(36)44(60)63)70-42-33(24-50)37(6-4-34(42)48)54-71(66,67)58-13-7-30(25-58)68-2/h3-6,19-21,27-28,30,54,65H,7-18,22-23,25-26H2,1-2H3,(H,52,61,64)/t28-,30-/m1/s1. The molecule has 10 rings (SSSR count). The van der Waals surface area contributed by atoms with Gasteiger partial charge in [0.2, 0.25) is 11.8 Å². The third-order valence-electron chi connectivity index (χ3n) is 14.5. The Labute approximate surface area is 405 Å². The van der Waals surface area contributed by atoms with Crippen LogP contribution in [0, 0.1) is 23.0 Å². The van der Waals surface area contributed by atoms with Crippen molar-refractivity contribution in [2.45, 2.75) is 74.7 Å². The molecule has 7 heterocycles. The molecule has 71 heavy (non-hydrogen) atoms. The molecule has 5 saturated heterocycles. The fourth-order valence-corrected chi connectivity index (χ4v) is 11.7. The fourth-order valence-electron chi connectivity index (χ4n) is 10.4. The third kappa shape index (κ3) is 9.12. The van der Waals surface area contributed by atoms with E-state index in [2.05, 4.69) is 20.1 Å². The van der Waals surface area contributed by atoms with Crippen LogP contribution in [0.4, 0.5) is 30.8 Å². The van der Waals surface area contributed by atoms with Crippen molar-refractivity contribution in [3.05, 3.63) is 76.3 Å². The van der Waals surface area contributed by atoms with E-state index < -0.39 is 62.0 Å². The second kappa shape index (κ2) is 18.4. The number of hydrogen-bond acceptors (Lipinski definition) is 14. The number of hydrogen-bond donors (Lipinski definition) is 3. The first-order valence-corrected chi connectivity index (χ1v) is 24.8. The number of likely N-dealkylation sites (tertiary alicyclic amines) is 1. The van der Waals surface area contributed by atoms with E-state index >= 15 is 8.78 Å². The third-order valence-corrected chi connectivity index (χ3v) is 16.0. The number of amides is 4. The molecule has 3 N–H and O–H groups in total. The lowest BCUT2D eigenvalue weighted by molar-refractivity contribution is -0.142. The van der Waals surface area contributed by atoms with Gasteiger partial charge in [0.25, 0.3) is 5.56 Å². The van der Waals surface area contributed by atoms with Crippen molar-refractivity contribution >= 4 is 67.1 Å². The maximum atomic E-state index is 15.8. The van der Waals surface area contributed by atoms with Gasteiger partial charge >= 0.3 is 16.2 Å². The van der Waals surface area contributed by atoms with Crippen LogP contribution in [0.1, 0.15) is 63.0 Å². The second-order valence-corrected chi connectivity index (χ2v) is 20.6. The van der Waals surface area contributed by atoms with Gasteiger partial charge in [0.05, 0.1) is 70.5 Å². The number of aliphatic hydroxyl groups is 1. The molecular formula is C47H51F2N11O10S. The molecule has 5 aliphatic rings. The Hall–Kier alpha value is -6.78. The number of ether oxygens (including phenoxy) is 3.